The molecule has 1 saturated carbocycles. The van der Waals surface area contributed by atoms with E-state index < -0.39 is 0 Å². The van der Waals surface area contributed by atoms with Crippen LogP contribution >= 0.6 is 24.0 Å². The molecule has 3 rings (SSSR count). The highest BCUT2D eigenvalue weighted by Crippen LogP contribution is 2.33. The van der Waals surface area contributed by atoms with Crippen LogP contribution in [0.3, 0.4) is 0 Å². The van der Waals surface area contributed by atoms with E-state index in [4.69, 9.17) is 21.1 Å². The van der Waals surface area contributed by atoms with Gasteiger partial charge in [-0.15, -0.1) is 12.4 Å². The van der Waals surface area contributed by atoms with Gasteiger partial charge in [-0.2, -0.15) is 0 Å². The molecule has 1 aliphatic carbocycles. The van der Waals surface area contributed by atoms with Crippen molar-refractivity contribution in [2.75, 3.05) is 7.11 Å². The summed E-state index contributed by atoms with van der Waals surface area (Å²) in [6.45, 7) is 0.990. The van der Waals surface area contributed by atoms with E-state index >= 15 is 0 Å². The summed E-state index contributed by atoms with van der Waals surface area (Å²) in [5.41, 5.74) is 1.80. The Hall–Kier alpha value is -1.49. The summed E-state index contributed by atoms with van der Waals surface area (Å²) < 4.78 is 24.9. The third-order valence-electron chi connectivity index (χ3n) is 5.35. The molecule has 0 aliphatic heterocycles. The van der Waals surface area contributed by atoms with Gasteiger partial charge in [-0.3, -0.25) is 0 Å². The topological polar surface area (TPSA) is 30.5 Å². The molecule has 0 saturated heterocycles. The zero-order chi connectivity index (χ0) is 19.8. The van der Waals surface area contributed by atoms with Crippen LogP contribution in [0.2, 0.25) is 5.02 Å². The smallest absolute Gasteiger partial charge is 0.166 e. The molecule has 0 aromatic heterocycles. The van der Waals surface area contributed by atoms with Gasteiger partial charge in [0.2, 0.25) is 0 Å². The number of hydrogen-bond donors (Lipinski definition) is 1. The molecule has 1 aliphatic rings. The van der Waals surface area contributed by atoms with E-state index in [2.05, 4.69) is 11.4 Å². The number of rotatable bonds is 7. The Morgan fingerprint density at radius 2 is 1.76 bits per heavy atom. The molecule has 1 N–H and O–H groups in total. The van der Waals surface area contributed by atoms with Crippen molar-refractivity contribution >= 4 is 24.0 Å². The van der Waals surface area contributed by atoms with Crippen molar-refractivity contribution in [2.24, 2.45) is 0 Å². The molecule has 0 bridgehead atoms. The number of para-hydroxylation sites is 1. The van der Waals surface area contributed by atoms with Crippen molar-refractivity contribution in [3.05, 3.63) is 58.4 Å². The summed E-state index contributed by atoms with van der Waals surface area (Å²) in [6.07, 6.45) is 9.09. The number of nitrogens with one attached hydrogen (secondary N) is 1. The van der Waals surface area contributed by atoms with E-state index in [1.165, 1.54) is 57.1 Å². The highest BCUT2D eigenvalue weighted by molar-refractivity contribution is 6.31. The number of halogens is 3. The summed E-state index contributed by atoms with van der Waals surface area (Å²) in [5, 5.41) is 4.07. The molecule has 0 radical (unpaired) electrons. The molecule has 0 atom stereocenters. The summed E-state index contributed by atoms with van der Waals surface area (Å²) in [6, 6.07) is 10.8. The Labute approximate surface area is 184 Å². The lowest BCUT2D eigenvalue weighted by atomic mass is 9.96. The van der Waals surface area contributed by atoms with Crippen molar-refractivity contribution in [3.8, 4) is 11.5 Å². The van der Waals surface area contributed by atoms with Gasteiger partial charge in [0.05, 0.1) is 12.1 Å². The van der Waals surface area contributed by atoms with Gasteiger partial charge in [0, 0.05) is 23.7 Å². The van der Waals surface area contributed by atoms with E-state index in [1.54, 1.807) is 13.2 Å². The molecule has 0 spiro atoms. The predicted octanol–water partition coefficient (Wildman–Crippen LogP) is 6.69. The van der Waals surface area contributed by atoms with Gasteiger partial charge in [-0.1, -0.05) is 61.9 Å². The van der Waals surface area contributed by atoms with Crippen LogP contribution in [0.4, 0.5) is 4.39 Å². The Balaban J connectivity index is 0.00000300. The van der Waals surface area contributed by atoms with Crippen LogP contribution in [0.5, 0.6) is 11.5 Å². The number of methoxy groups -OCH3 is 1. The fourth-order valence-electron chi connectivity index (χ4n) is 3.73. The number of benzene rings is 2. The molecule has 3 nitrogen and oxygen atoms in total. The van der Waals surface area contributed by atoms with Crippen LogP contribution < -0.4 is 14.8 Å². The highest BCUT2D eigenvalue weighted by atomic mass is 35.5. The molecule has 1 fully saturated rings. The number of ether oxygens (including phenoxy) is 2. The normalized spacial score (nSPS) is 15.1. The van der Waals surface area contributed by atoms with Gasteiger partial charge in [0.1, 0.15) is 12.4 Å². The minimum Gasteiger partial charge on any atom is -0.493 e. The van der Waals surface area contributed by atoms with Crippen molar-refractivity contribution in [1.82, 2.24) is 5.32 Å². The third kappa shape index (κ3) is 7.06. The van der Waals surface area contributed by atoms with Crippen LogP contribution in [0, 0.1) is 5.82 Å². The third-order valence-corrected chi connectivity index (χ3v) is 5.71. The minimum absolute atomic E-state index is 0. The average Bonchev–Trinajstić information content (AvgIpc) is 2.66. The second-order valence-electron chi connectivity index (χ2n) is 7.40. The zero-order valence-electron chi connectivity index (χ0n) is 16.9. The van der Waals surface area contributed by atoms with Gasteiger partial charge in [0.15, 0.2) is 11.5 Å². The largest absolute Gasteiger partial charge is 0.493 e. The van der Waals surface area contributed by atoms with Gasteiger partial charge in [-0.05, 0) is 31.0 Å². The second-order valence-corrected chi connectivity index (χ2v) is 7.80. The second kappa shape index (κ2) is 12.3. The van der Waals surface area contributed by atoms with Crippen molar-refractivity contribution in [1.29, 1.82) is 0 Å². The quantitative estimate of drug-likeness (QED) is 0.518. The van der Waals surface area contributed by atoms with E-state index in [-0.39, 0.29) is 24.8 Å². The Morgan fingerprint density at radius 3 is 2.45 bits per heavy atom. The van der Waals surface area contributed by atoms with Crippen LogP contribution in [0.1, 0.15) is 56.1 Å². The lowest BCUT2D eigenvalue weighted by Gasteiger charge is -2.22. The number of hydrogen-bond acceptors (Lipinski definition) is 3. The lowest BCUT2D eigenvalue weighted by molar-refractivity contribution is 0.279. The first-order valence-electron chi connectivity index (χ1n) is 10.1. The SMILES string of the molecule is COc1cccc(CNC2CCCCCCC2)c1OCc1ccc(F)cc1Cl.Cl. The van der Waals surface area contributed by atoms with Crippen LogP contribution in [0.15, 0.2) is 36.4 Å². The van der Waals surface area contributed by atoms with Crippen LogP contribution in [-0.2, 0) is 13.2 Å². The maximum absolute atomic E-state index is 13.3. The minimum atomic E-state index is -0.352. The monoisotopic (exact) mass is 441 g/mol. The maximum Gasteiger partial charge on any atom is 0.166 e. The summed E-state index contributed by atoms with van der Waals surface area (Å²) in [4.78, 5) is 0. The Kier molecular flexibility index (Phi) is 10.1. The molecular weight excluding hydrogens is 412 g/mol. The fraction of sp³-hybridized carbons (Fsp3) is 0.478. The Bertz CT molecular complexity index is 765. The van der Waals surface area contributed by atoms with Crippen LogP contribution in [0.25, 0.3) is 0 Å². The van der Waals surface area contributed by atoms with Gasteiger partial charge in [-0.25, -0.2) is 4.39 Å². The van der Waals surface area contributed by atoms with Crippen molar-refractivity contribution in [3.63, 3.8) is 0 Å². The van der Waals surface area contributed by atoms with Crippen molar-refractivity contribution in [2.45, 2.75) is 64.1 Å². The van der Waals surface area contributed by atoms with E-state index in [0.29, 0.717) is 22.6 Å². The predicted molar refractivity (Wildman–Crippen MR) is 119 cm³/mol. The molecule has 0 unspecified atom stereocenters. The summed E-state index contributed by atoms with van der Waals surface area (Å²) in [5.74, 6) is 1.05. The van der Waals surface area contributed by atoms with Crippen molar-refractivity contribution < 1.29 is 13.9 Å². The van der Waals surface area contributed by atoms with Gasteiger partial charge in [0.25, 0.3) is 0 Å². The molecule has 2 aromatic rings. The van der Waals surface area contributed by atoms with Crippen LogP contribution in [-0.4, -0.2) is 13.2 Å². The van der Waals surface area contributed by atoms with E-state index in [1.807, 2.05) is 12.1 Å². The summed E-state index contributed by atoms with van der Waals surface area (Å²) in [7, 11) is 1.64. The van der Waals surface area contributed by atoms with Gasteiger partial charge >= 0.3 is 0 Å². The maximum atomic E-state index is 13.3. The standard InChI is InChI=1S/C23H29ClFNO2.ClH/c1-27-22-11-7-8-17(15-26-20-9-5-3-2-4-6-10-20)23(22)28-16-18-12-13-19(25)14-21(18)24;/h7-8,11-14,20,26H,2-6,9-10,15-16H2,1H3;1H. The summed E-state index contributed by atoms with van der Waals surface area (Å²) >= 11 is 6.14. The average molecular weight is 442 g/mol. The molecule has 160 valence electrons. The zero-order valence-corrected chi connectivity index (χ0v) is 18.5. The molecule has 0 amide bonds. The lowest BCUT2D eigenvalue weighted by Crippen LogP contribution is -2.29. The first-order valence-corrected chi connectivity index (χ1v) is 10.5. The first-order chi connectivity index (χ1) is 13.7. The molecule has 0 heterocycles. The molecule has 6 heteroatoms. The highest BCUT2D eigenvalue weighted by Gasteiger charge is 2.15. The fourth-order valence-corrected chi connectivity index (χ4v) is 3.95. The Morgan fingerprint density at radius 1 is 1.03 bits per heavy atom. The van der Waals surface area contributed by atoms with Gasteiger partial charge < -0.3 is 14.8 Å². The molecule has 29 heavy (non-hydrogen) atoms. The van der Waals surface area contributed by atoms with E-state index in [0.717, 1.165) is 17.7 Å². The van der Waals surface area contributed by atoms with E-state index in [9.17, 15) is 4.39 Å². The first kappa shape index (κ1) is 23.8. The molecule has 2 aromatic carbocycles. The molecular formula is C23H30Cl2FNO2.